The van der Waals surface area contributed by atoms with Crippen LogP contribution < -0.4 is 0 Å². The van der Waals surface area contributed by atoms with Gasteiger partial charge in [-0.3, -0.25) is 9.69 Å². The van der Waals surface area contributed by atoms with E-state index in [1.807, 2.05) is 44.2 Å². The Balaban J connectivity index is 1.86. The largest absolute Gasteiger partial charge is 0.390 e. The molecule has 0 saturated carbocycles. The van der Waals surface area contributed by atoms with Crippen LogP contribution in [0.5, 0.6) is 0 Å². The highest BCUT2D eigenvalue weighted by Gasteiger charge is 2.19. The first-order chi connectivity index (χ1) is 11.5. The molecular formula is C19H28N2O3. The molecule has 1 aromatic carbocycles. The van der Waals surface area contributed by atoms with E-state index in [-0.39, 0.29) is 5.91 Å². The molecule has 1 saturated heterocycles. The number of morpholine rings is 1. The number of β-amino-alcohol motifs (C(OH)–C–C–N with tert-alkyl or cyclic N) is 1. The van der Waals surface area contributed by atoms with E-state index in [2.05, 4.69) is 4.90 Å². The molecular weight excluding hydrogens is 304 g/mol. The van der Waals surface area contributed by atoms with E-state index in [4.69, 9.17) is 4.74 Å². The van der Waals surface area contributed by atoms with Crippen LogP contribution in [-0.4, -0.2) is 73.4 Å². The number of amides is 1. The van der Waals surface area contributed by atoms with Crippen molar-refractivity contribution in [3.05, 3.63) is 41.0 Å². The van der Waals surface area contributed by atoms with Crippen molar-refractivity contribution in [2.24, 2.45) is 0 Å². The number of carbonyl (C=O) groups excluding carboxylic acids is 1. The fourth-order valence-electron chi connectivity index (χ4n) is 2.81. The number of aryl methyl sites for hydroxylation is 1. The van der Waals surface area contributed by atoms with Gasteiger partial charge in [0.2, 0.25) is 5.91 Å². The molecule has 2 rings (SSSR count). The standard InChI is InChI=1S/C19H28N2O3/c1-15-4-6-17(7-5-15)12-16(2)19(23)20(3)13-18(22)14-21-8-10-24-11-9-21/h4-7,12,18,22H,8-11,13-14H2,1-3H3/b16-12+. The van der Waals surface area contributed by atoms with Gasteiger partial charge < -0.3 is 14.7 Å². The predicted octanol–water partition coefficient (Wildman–Crippen LogP) is 1.55. The van der Waals surface area contributed by atoms with Crippen molar-refractivity contribution >= 4 is 12.0 Å². The van der Waals surface area contributed by atoms with Gasteiger partial charge in [-0.1, -0.05) is 29.8 Å². The maximum Gasteiger partial charge on any atom is 0.249 e. The molecule has 24 heavy (non-hydrogen) atoms. The SMILES string of the molecule is C/C(=C\c1ccc(C)cc1)C(=O)N(C)CC(O)CN1CCOCC1. The number of ether oxygens (including phenoxy) is 1. The number of rotatable bonds is 6. The molecule has 5 nitrogen and oxygen atoms in total. The maximum atomic E-state index is 12.5. The van der Waals surface area contributed by atoms with Crippen LogP contribution in [0, 0.1) is 6.92 Å². The first-order valence-electron chi connectivity index (χ1n) is 8.44. The summed E-state index contributed by atoms with van der Waals surface area (Å²) in [7, 11) is 1.73. The van der Waals surface area contributed by atoms with Crippen LogP contribution in [0.3, 0.4) is 0 Å². The molecule has 1 heterocycles. The van der Waals surface area contributed by atoms with Crippen LogP contribution in [0.15, 0.2) is 29.8 Å². The number of aliphatic hydroxyl groups excluding tert-OH is 1. The van der Waals surface area contributed by atoms with Crippen LogP contribution in [0.1, 0.15) is 18.1 Å². The Morgan fingerprint density at radius 2 is 1.96 bits per heavy atom. The third kappa shape index (κ3) is 5.74. The maximum absolute atomic E-state index is 12.5. The molecule has 0 radical (unpaired) electrons. The number of aliphatic hydroxyl groups is 1. The summed E-state index contributed by atoms with van der Waals surface area (Å²) in [6.07, 6.45) is 1.33. The summed E-state index contributed by atoms with van der Waals surface area (Å²) >= 11 is 0. The van der Waals surface area contributed by atoms with E-state index in [1.54, 1.807) is 11.9 Å². The van der Waals surface area contributed by atoms with Gasteiger partial charge in [-0.15, -0.1) is 0 Å². The average Bonchev–Trinajstić information content (AvgIpc) is 2.57. The topological polar surface area (TPSA) is 53.0 Å². The Kier molecular flexibility index (Phi) is 6.97. The summed E-state index contributed by atoms with van der Waals surface area (Å²) in [5, 5.41) is 10.2. The van der Waals surface area contributed by atoms with Gasteiger partial charge in [0.15, 0.2) is 0 Å². The second kappa shape index (κ2) is 8.97. The quantitative estimate of drug-likeness (QED) is 0.803. The number of likely N-dealkylation sites (N-methyl/N-ethyl adjacent to an activating group) is 1. The Bertz CT molecular complexity index is 562. The summed E-state index contributed by atoms with van der Waals surface area (Å²) in [5.74, 6) is -0.0587. The highest BCUT2D eigenvalue weighted by Crippen LogP contribution is 2.10. The van der Waals surface area contributed by atoms with Crippen molar-refractivity contribution in [2.75, 3.05) is 46.4 Å². The van der Waals surface area contributed by atoms with E-state index in [9.17, 15) is 9.90 Å². The molecule has 1 aliphatic heterocycles. The lowest BCUT2D eigenvalue weighted by Crippen LogP contribution is -2.45. The highest BCUT2D eigenvalue weighted by molar-refractivity contribution is 5.97. The molecule has 0 spiro atoms. The van der Waals surface area contributed by atoms with Crippen molar-refractivity contribution in [2.45, 2.75) is 20.0 Å². The van der Waals surface area contributed by atoms with Crippen LogP contribution in [0.4, 0.5) is 0 Å². The number of nitrogens with zero attached hydrogens (tertiary/aromatic N) is 2. The normalized spacial score (nSPS) is 17.6. The summed E-state index contributed by atoms with van der Waals surface area (Å²) in [5.41, 5.74) is 2.87. The van der Waals surface area contributed by atoms with Crippen LogP contribution in [0.25, 0.3) is 6.08 Å². The molecule has 1 N–H and O–H groups in total. The zero-order valence-electron chi connectivity index (χ0n) is 14.9. The molecule has 5 heteroatoms. The third-order valence-corrected chi connectivity index (χ3v) is 4.20. The molecule has 1 fully saturated rings. The van der Waals surface area contributed by atoms with Crippen molar-refractivity contribution in [1.82, 2.24) is 9.80 Å². The molecule has 0 aliphatic carbocycles. The van der Waals surface area contributed by atoms with Gasteiger partial charge in [0.05, 0.1) is 19.3 Å². The second-order valence-corrected chi connectivity index (χ2v) is 6.49. The van der Waals surface area contributed by atoms with Crippen molar-refractivity contribution in [3.8, 4) is 0 Å². The minimum absolute atomic E-state index is 0.0587. The van der Waals surface area contributed by atoms with Crippen LogP contribution in [-0.2, 0) is 9.53 Å². The predicted molar refractivity (Wildman–Crippen MR) is 95.7 cm³/mol. The molecule has 1 unspecified atom stereocenters. The molecule has 1 atom stereocenters. The van der Waals surface area contributed by atoms with E-state index >= 15 is 0 Å². The zero-order valence-corrected chi connectivity index (χ0v) is 14.9. The second-order valence-electron chi connectivity index (χ2n) is 6.49. The van der Waals surface area contributed by atoms with E-state index in [0.717, 1.165) is 18.7 Å². The summed E-state index contributed by atoms with van der Waals surface area (Å²) in [4.78, 5) is 16.2. The molecule has 1 amide bonds. The summed E-state index contributed by atoms with van der Waals surface area (Å²) in [6.45, 7) is 7.83. The summed E-state index contributed by atoms with van der Waals surface area (Å²) < 4.78 is 5.30. The van der Waals surface area contributed by atoms with Gasteiger partial charge in [0, 0.05) is 38.8 Å². The number of hydrogen-bond acceptors (Lipinski definition) is 4. The lowest BCUT2D eigenvalue weighted by molar-refractivity contribution is -0.127. The number of carbonyl (C=O) groups is 1. The van der Waals surface area contributed by atoms with Crippen LogP contribution >= 0.6 is 0 Å². The van der Waals surface area contributed by atoms with Crippen molar-refractivity contribution < 1.29 is 14.6 Å². The highest BCUT2D eigenvalue weighted by atomic mass is 16.5. The average molecular weight is 332 g/mol. The molecule has 1 aliphatic rings. The molecule has 0 aromatic heterocycles. The van der Waals surface area contributed by atoms with Crippen molar-refractivity contribution in [3.63, 3.8) is 0 Å². The van der Waals surface area contributed by atoms with Gasteiger partial charge in [0.1, 0.15) is 0 Å². The van der Waals surface area contributed by atoms with E-state index < -0.39 is 6.10 Å². The van der Waals surface area contributed by atoms with E-state index in [0.29, 0.717) is 31.9 Å². The lowest BCUT2D eigenvalue weighted by atomic mass is 10.1. The van der Waals surface area contributed by atoms with Crippen LogP contribution in [0.2, 0.25) is 0 Å². The first kappa shape index (κ1) is 18.6. The Labute approximate surface area is 144 Å². The van der Waals surface area contributed by atoms with Gasteiger partial charge in [-0.2, -0.15) is 0 Å². The van der Waals surface area contributed by atoms with E-state index in [1.165, 1.54) is 5.56 Å². The first-order valence-corrected chi connectivity index (χ1v) is 8.44. The van der Waals surface area contributed by atoms with Crippen molar-refractivity contribution in [1.29, 1.82) is 0 Å². The number of benzene rings is 1. The smallest absolute Gasteiger partial charge is 0.249 e. The molecule has 0 bridgehead atoms. The number of hydrogen-bond donors (Lipinski definition) is 1. The van der Waals surface area contributed by atoms with Gasteiger partial charge in [0.25, 0.3) is 0 Å². The monoisotopic (exact) mass is 332 g/mol. The molecule has 1 aromatic rings. The summed E-state index contributed by atoms with van der Waals surface area (Å²) in [6, 6.07) is 8.05. The Morgan fingerprint density at radius 1 is 1.33 bits per heavy atom. The lowest BCUT2D eigenvalue weighted by Gasteiger charge is -2.30. The zero-order chi connectivity index (χ0) is 17.5. The molecule has 132 valence electrons. The van der Waals surface area contributed by atoms with Gasteiger partial charge in [-0.25, -0.2) is 0 Å². The Morgan fingerprint density at radius 3 is 2.58 bits per heavy atom. The van der Waals surface area contributed by atoms with Gasteiger partial charge >= 0.3 is 0 Å². The minimum Gasteiger partial charge on any atom is -0.390 e. The Hall–Kier alpha value is -1.69. The fourth-order valence-corrected chi connectivity index (χ4v) is 2.81. The fraction of sp³-hybridized carbons (Fsp3) is 0.526. The minimum atomic E-state index is -0.552. The van der Waals surface area contributed by atoms with Gasteiger partial charge in [-0.05, 0) is 25.5 Å². The third-order valence-electron chi connectivity index (χ3n) is 4.20.